The minimum absolute atomic E-state index is 0.108. The lowest BCUT2D eigenvalue weighted by Gasteiger charge is -2.07. The van der Waals surface area contributed by atoms with Gasteiger partial charge in [0.05, 0.1) is 10.6 Å². The molecule has 86 valence electrons. The Morgan fingerprint density at radius 1 is 1.00 bits per heavy atom. The molecule has 0 saturated carbocycles. The summed E-state index contributed by atoms with van der Waals surface area (Å²) in [6.45, 7) is 0. The molecule has 0 radical (unpaired) electrons. The number of halogens is 2. The maximum absolute atomic E-state index is 11.2. The fraction of sp³-hybridized carbons (Fsp3) is 0. The molecule has 2 rings (SSSR count). The van der Waals surface area contributed by atoms with Crippen molar-refractivity contribution in [2.45, 2.75) is 0 Å². The van der Waals surface area contributed by atoms with Gasteiger partial charge in [0, 0.05) is 5.02 Å². The number of carboxylic acids is 1. The number of hydrogen-bond acceptors (Lipinski definition) is 1. The summed E-state index contributed by atoms with van der Waals surface area (Å²) in [5.74, 6) is -1.04. The van der Waals surface area contributed by atoms with Gasteiger partial charge in [0.1, 0.15) is 0 Å². The standard InChI is InChI=1S/C13H8Cl2O2/c14-9-6-4-8(5-7-9)10-2-1-3-11(15)12(10)13(16)17/h1-7H,(H,16,17). The molecule has 2 aromatic rings. The fourth-order valence-corrected chi connectivity index (χ4v) is 1.99. The van der Waals surface area contributed by atoms with Crippen LogP contribution in [0.5, 0.6) is 0 Å². The molecule has 0 saturated heterocycles. The molecule has 0 unspecified atom stereocenters. The van der Waals surface area contributed by atoms with Crippen molar-refractivity contribution >= 4 is 29.2 Å². The number of carboxylic acid groups (broad SMARTS) is 1. The minimum Gasteiger partial charge on any atom is -0.478 e. The van der Waals surface area contributed by atoms with Crippen molar-refractivity contribution in [3.8, 4) is 11.1 Å². The van der Waals surface area contributed by atoms with E-state index in [4.69, 9.17) is 28.3 Å². The van der Waals surface area contributed by atoms with Crippen LogP contribution in [0.4, 0.5) is 0 Å². The Labute approximate surface area is 108 Å². The van der Waals surface area contributed by atoms with Crippen molar-refractivity contribution in [1.29, 1.82) is 0 Å². The molecule has 0 spiro atoms. The normalized spacial score (nSPS) is 10.2. The molecule has 2 aromatic carbocycles. The van der Waals surface area contributed by atoms with Gasteiger partial charge in [0.2, 0.25) is 0 Å². The molecule has 0 aliphatic heterocycles. The average molecular weight is 267 g/mol. The Bertz CT molecular complexity index is 562. The van der Waals surface area contributed by atoms with Gasteiger partial charge in [-0.15, -0.1) is 0 Å². The van der Waals surface area contributed by atoms with Gasteiger partial charge in [0.15, 0.2) is 0 Å². The highest BCUT2D eigenvalue weighted by Gasteiger charge is 2.15. The summed E-state index contributed by atoms with van der Waals surface area (Å²) >= 11 is 11.7. The summed E-state index contributed by atoms with van der Waals surface area (Å²) in [6, 6.07) is 12.0. The van der Waals surface area contributed by atoms with Crippen molar-refractivity contribution in [3.63, 3.8) is 0 Å². The molecular weight excluding hydrogens is 259 g/mol. The Kier molecular flexibility index (Phi) is 3.36. The molecule has 0 heterocycles. The molecule has 0 aromatic heterocycles. The zero-order valence-electron chi connectivity index (χ0n) is 8.65. The molecule has 0 aliphatic carbocycles. The monoisotopic (exact) mass is 266 g/mol. The third-order valence-corrected chi connectivity index (χ3v) is 2.95. The van der Waals surface area contributed by atoms with E-state index >= 15 is 0 Å². The molecule has 0 amide bonds. The van der Waals surface area contributed by atoms with Gasteiger partial charge in [-0.1, -0.05) is 47.5 Å². The Hall–Kier alpha value is -1.51. The van der Waals surface area contributed by atoms with Crippen LogP contribution in [-0.4, -0.2) is 11.1 Å². The van der Waals surface area contributed by atoms with E-state index in [0.29, 0.717) is 10.6 Å². The zero-order chi connectivity index (χ0) is 12.4. The molecule has 4 heteroatoms. The van der Waals surface area contributed by atoms with Gasteiger partial charge in [-0.2, -0.15) is 0 Å². The molecular formula is C13H8Cl2O2. The van der Waals surface area contributed by atoms with Crippen molar-refractivity contribution in [1.82, 2.24) is 0 Å². The van der Waals surface area contributed by atoms with Crippen LogP contribution in [0.25, 0.3) is 11.1 Å². The van der Waals surface area contributed by atoms with Crippen LogP contribution in [0.3, 0.4) is 0 Å². The van der Waals surface area contributed by atoms with Gasteiger partial charge in [-0.05, 0) is 29.3 Å². The molecule has 0 bridgehead atoms. The van der Waals surface area contributed by atoms with Crippen molar-refractivity contribution in [2.24, 2.45) is 0 Å². The van der Waals surface area contributed by atoms with E-state index in [0.717, 1.165) is 5.56 Å². The second-order valence-electron chi connectivity index (χ2n) is 3.47. The third-order valence-electron chi connectivity index (χ3n) is 2.38. The molecule has 0 atom stereocenters. The fourth-order valence-electron chi connectivity index (χ4n) is 1.61. The molecule has 0 aliphatic rings. The van der Waals surface area contributed by atoms with Gasteiger partial charge >= 0.3 is 5.97 Å². The van der Waals surface area contributed by atoms with Crippen molar-refractivity contribution in [3.05, 3.63) is 58.1 Å². The number of hydrogen-bond donors (Lipinski definition) is 1. The Morgan fingerprint density at radius 2 is 1.65 bits per heavy atom. The van der Waals surface area contributed by atoms with Crippen LogP contribution in [-0.2, 0) is 0 Å². The summed E-state index contributed by atoms with van der Waals surface area (Å²) in [5, 5.41) is 9.98. The second kappa shape index (κ2) is 4.78. The number of benzene rings is 2. The predicted octanol–water partition coefficient (Wildman–Crippen LogP) is 4.36. The first-order valence-corrected chi connectivity index (χ1v) is 5.63. The van der Waals surface area contributed by atoms with E-state index in [9.17, 15) is 4.79 Å². The first-order valence-electron chi connectivity index (χ1n) is 4.87. The summed E-state index contributed by atoms with van der Waals surface area (Å²) in [6.07, 6.45) is 0. The van der Waals surface area contributed by atoms with Crippen molar-refractivity contribution in [2.75, 3.05) is 0 Å². The van der Waals surface area contributed by atoms with Crippen molar-refractivity contribution < 1.29 is 9.90 Å². The first kappa shape index (κ1) is 12.0. The summed E-state index contributed by atoms with van der Waals surface area (Å²) in [7, 11) is 0. The quantitative estimate of drug-likeness (QED) is 0.877. The highest BCUT2D eigenvalue weighted by atomic mass is 35.5. The maximum atomic E-state index is 11.2. The predicted molar refractivity (Wildman–Crippen MR) is 68.9 cm³/mol. The highest BCUT2D eigenvalue weighted by Crippen LogP contribution is 2.29. The van der Waals surface area contributed by atoms with Crippen LogP contribution in [0.2, 0.25) is 10.0 Å². The molecule has 17 heavy (non-hydrogen) atoms. The third kappa shape index (κ3) is 2.43. The van der Waals surface area contributed by atoms with Crippen LogP contribution < -0.4 is 0 Å². The molecule has 2 nitrogen and oxygen atoms in total. The summed E-state index contributed by atoms with van der Waals surface area (Å²) in [4.78, 5) is 11.2. The lowest BCUT2D eigenvalue weighted by atomic mass is 10.00. The summed E-state index contributed by atoms with van der Waals surface area (Å²) in [5.41, 5.74) is 1.47. The summed E-state index contributed by atoms with van der Waals surface area (Å²) < 4.78 is 0. The second-order valence-corrected chi connectivity index (χ2v) is 4.32. The van der Waals surface area contributed by atoms with Crippen LogP contribution >= 0.6 is 23.2 Å². The van der Waals surface area contributed by atoms with E-state index in [-0.39, 0.29) is 10.6 Å². The number of rotatable bonds is 2. The van der Waals surface area contributed by atoms with Crippen LogP contribution in [0.1, 0.15) is 10.4 Å². The average Bonchev–Trinajstić information content (AvgIpc) is 2.29. The number of carbonyl (C=O) groups is 1. The zero-order valence-corrected chi connectivity index (χ0v) is 10.2. The Morgan fingerprint density at radius 3 is 2.24 bits per heavy atom. The largest absolute Gasteiger partial charge is 0.478 e. The minimum atomic E-state index is -1.04. The van der Waals surface area contributed by atoms with E-state index < -0.39 is 5.97 Å². The van der Waals surface area contributed by atoms with Gasteiger partial charge in [-0.3, -0.25) is 0 Å². The number of aromatic carboxylic acids is 1. The molecule has 0 fully saturated rings. The van der Waals surface area contributed by atoms with E-state index in [1.165, 1.54) is 0 Å². The SMILES string of the molecule is O=C(O)c1c(Cl)cccc1-c1ccc(Cl)cc1. The maximum Gasteiger partial charge on any atom is 0.337 e. The lowest BCUT2D eigenvalue weighted by Crippen LogP contribution is -2.00. The van der Waals surface area contributed by atoms with Gasteiger partial charge in [-0.25, -0.2) is 4.79 Å². The van der Waals surface area contributed by atoms with E-state index in [1.54, 1.807) is 42.5 Å². The van der Waals surface area contributed by atoms with Crippen LogP contribution in [0, 0.1) is 0 Å². The van der Waals surface area contributed by atoms with Gasteiger partial charge < -0.3 is 5.11 Å². The first-order chi connectivity index (χ1) is 8.09. The van der Waals surface area contributed by atoms with Gasteiger partial charge in [0.25, 0.3) is 0 Å². The lowest BCUT2D eigenvalue weighted by molar-refractivity contribution is 0.0698. The smallest absolute Gasteiger partial charge is 0.337 e. The topological polar surface area (TPSA) is 37.3 Å². The molecule has 1 N–H and O–H groups in total. The Balaban J connectivity index is 2.63. The highest BCUT2D eigenvalue weighted by molar-refractivity contribution is 6.34. The van der Waals surface area contributed by atoms with E-state index in [2.05, 4.69) is 0 Å². The van der Waals surface area contributed by atoms with E-state index in [1.807, 2.05) is 0 Å². The van der Waals surface area contributed by atoms with Crippen LogP contribution in [0.15, 0.2) is 42.5 Å².